The lowest BCUT2D eigenvalue weighted by molar-refractivity contribution is -0.117. The van der Waals surface area contributed by atoms with E-state index in [0.29, 0.717) is 18.1 Å². The molecule has 0 saturated heterocycles. The van der Waals surface area contributed by atoms with E-state index in [1.165, 1.54) is 6.07 Å². The van der Waals surface area contributed by atoms with E-state index in [2.05, 4.69) is 15.1 Å². The van der Waals surface area contributed by atoms with E-state index in [0.717, 1.165) is 22.5 Å². The predicted octanol–water partition coefficient (Wildman–Crippen LogP) is 1.52. The molecule has 0 atom stereocenters. The van der Waals surface area contributed by atoms with Crippen molar-refractivity contribution >= 4 is 5.91 Å². The molecule has 3 rings (SSSR count). The first kappa shape index (κ1) is 16.6. The maximum absolute atomic E-state index is 11.6. The molecule has 128 valence electrons. The van der Waals surface area contributed by atoms with Gasteiger partial charge in [0.05, 0.1) is 12.1 Å². The Bertz CT molecular complexity index is 970. The zero-order valence-corrected chi connectivity index (χ0v) is 14.1. The lowest BCUT2D eigenvalue weighted by Crippen LogP contribution is -2.14. The van der Waals surface area contributed by atoms with Gasteiger partial charge < -0.3 is 10.7 Å². The Hall–Kier alpha value is -3.22. The Kier molecular flexibility index (Phi) is 4.47. The first-order chi connectivity index (χ1) is 12.0. The van der Waals surface area contributed by atoms with Crippen molar-refractivity contribution in [3.05, 3.63) is 63.8 Å². The van der Waals surface area contributed by atoms with E-state index in [1.807, 2.05) is 38.1 Å². The monoisotopic (exact) mass is 337 g/mol. The maximum Gasteiger partial charge on any atom is 0.248 e. The quantitative estimate of drug-likeness (QED) is 0.736. The fraction of sp³-hybridized carbons (Fsp3) is 0.222. The van der Waals surface area contributed by atoms with Crippen molar-refractivity contribution in [2.75, 3.05) is 0 Å². The number of H-pyrrole nitrogens is 1. The van der Waals surface area contributed by atoms with Gasteiger partial charge in [-0.05, 0) is 31.5 Å². The summed E-state index contributed by atoms with van der Waals surface area (Å²) in [6, 6.07) is 11.0. The van der Waals surface area contributed by atoms with Crippen LogP contribution in [0.5, 0.6) is 0 Å². The summed E-state index contributed by atoms with van der Waals surface area (Å²) in [4.78, 5) is 30.2. The minimum absolute atomic E-state index is 0.0450. The minimum Gasteiger partial charge on any atom is -0.369 e. The first-order valence-corrected chi connectivity index (χ1v) is 8.01. The van der Waals surface area contributed by atoms with Crippen LogP contribution in [-0.4, -0.2) is 25.7 Å². The SMILES string of the molecule is CCc1[nH]c(=O)ccc1-c1nc(CC(N)=O)nn1-c1ccc(C)cc1. The molecular weight excluding hydrogens is 318 g/mol. The third kappa shape index (κ3) is 3.50. The van der Waals surface area contributed by atoms with Gasteiger partial charge in [-0.1, -0.05) is 24.6 Å². The summed E-state index contributed by atoms with van der Waals surface area (Å²) in [5, 5.41) is 4.44. The van der Waals surface area contributed by atoms with Gasteiger partial charge >= 0.3 is 0 Å². The molecule has 2 heterocycles. The second-order valence-electron chi connectivity index (χ2n) is 5.81. The third-order valence-corrected chi connectivity index (χ3v) is 3.86. The van der Waals surface area contributed by atoms with Crippen LogP contribution in [0, 0.1) is 6.92 Å². The second-order valence-corrected chi connectivity index (χ2v) is 5.81. The zero-order chi connectivity index (χ0) is 18.0. The number of nitrogens with zero attached hydrogens (tertiary/aromatic N) is 3. The van der Waals surface area contributed by atoms with Crippen LogP contribution in [0.2, 0.25) is 0 Å². The highest BCUT2D eigenvalue weighted by atomic mass is 16.1. The molecule has 0 fully saturated rings. The molecule has 1 amide bonds. The molecule has 1 aromatic carbocycles. The van der Waals surface area contributed by atoms with Gasteiger partial charge in [0.15, 0.2) is 11.6 Å². The van der Waals surface area contributed by atoms with Gasteiger partial charge in [-0.2, -0.15) is 5.10 Å². The summed E-state index contributed by atoms with van der Waals surface area (Å²) in [6.07, 6.45) is 0.591. The fourth-order valence-corrected chi connectivity index (χ4v) is 2.63. The molecule has 7 nitrogen and oxygen atoms in total. The molecule has 3 aromatic rings. The number of primary amides is 1. The van der Waals surface area contributed by atoms with Gasteiger partial charge in [0.25, 0.3) is 0 Å². The number of carbonyl (C=O) groups excluding carboxylic acids is 1. The van der Waals surface area contributed by atoms with Crippen LogP contribution in [0.3, 0.4) is 0 Å². The van der Waals surface area contributed by atoms with Crippen molar-refractivity contribution in [3.63, 3.8) is 0 Å². The standard InChI is InChI=1S/C18H19N5O2/c1-3-14-13(8-9-17(25)20-14)18-21-16(10-15(19)24)22-23(18)12-6-4-11(2)5-7-12/h4-9H,3,10H2,1-2H3,(H2,19,24)(H,20,25). The van der Waals surface area contributed by atoms with Crippen LogP contribution >= 0.6 is 0 Å². The van der Waals surface area contributed by atoms with Crippen LogP contribution in [-0.2, 0) is 17.6 Å². The van der Waals surface area contributed by atoms with E-state index in [4.69, 9.17) is 5.73 Å². The Labute approximate surface area is 144 Å². The summed E-state index contributed by atoms with van der Waals surface area (Å²) < 4.78 is 1.67. The molecule has 0 saturated carbocycles. The lowest BCUT2D eigenvalue weighted by atomic mass is 10.1. The smallest absolute Gasteiger partial charge is 0.248 e. The average Bonchev–Trinajstić information content (AvgIpc) is 2.98. The van der Waals surface area contributed by atoms with Gasteiger partial charge in [0.1, 0.15) is 0 Å². The number of benzene rings is 1. The zero-order valence-electron chi connectivity index (χ0n) is 14.1. The number of nitrogens with two attached hydrogens (primary N) is 1. The van der Waals surface area contributed by atoms with E-state index < -0.39 is 5.91 Å². The number of amides is 1. The number of hydrogen-bond donors (Lipinski definition) is 2. The highest BCUT2D eigenvalue weighted by molar-refractivity contribution is 5.76. The fourth-order valence-electron chi connectivity index (χ4n) is 2.63. The van der Waals surface area contributed by atoms with Crippen molar-refractivity contribution in [1.29, 1.82) is 0 Å². The number of rotatable bonds is 5. The Balaban J connectivity index is 2.20. The van der Waals surface area contributed by atoms with Crippen LogP contribution < -0.4 is 11.3 Å². The molecule has 0 aliphatic rings. The van der Waals surface area contributed by atoms with E-state index in [9.17, 15) is 9.59 Å². The molecule has 25 heavy (non-hydrogen) atoms. The molecule has 0 bridgehead atoms. The molecule has 0 radical (unpaired) electrons. The number of aromatic nitrogens is 4. The molecule has 0 aliphatic carbocycles. The first-order valence-electron chi connectivity index (χ1n) is 8.01. The predicted molar refractivity (Wildman–Crippen MR) is 94.4 cm³/mol. The summed E-state index contributed by atoms with van der Waals surface area (Å²) in [5.74, 6) is 0.411. The number of aromatic amines is 1. The number of nitrogens with one attached hydrogen (secondary N) is 1. The Morgan fingerprint density at radius 2 is 1.92 bits per heavy atom. The van der Waals surface area contributed by atoms with Gasteiger partial charge in [-0.3, -0.25) is 9.59 Å². The second kappa shape index (κ2) is 6.72. The van der Waals surface area contributed by atoms with Crippen LogP contribution in [0.15, 0.2) is 41.2 Å². The van der Waals surface area contributed by atoms with Crippen molar-refractivity contribution < 1.29 is 4.79 Å². The van der Waals surface area contributed by atoms with Gasteiger partial charge in [0.2, 0.25) is 11.5 Å². The number of pyridine rings is 1. The average molecular weight is 337 g/mol. The van der Waals surface area contributed by atoms with Gasteiger partial charge in [-0.25, -0.2) is 9.67 Å². The Morgan fingerprint density at radius 1 is 1.20 bits per heavy atom. The third-order valence-electron chi connectivity index (χ3n) is 3.86. The van der Waals surface area contributed by atoms with E-state index >= 15 is 0 Å². The number of carbonyl (C=O) groups is 1. The summed E-state index contributed by atoms with van der Waals surface area (Å²) in [7, 11) is 0. The Morgan fingerprint density at radius 3 is 2.56 bits per heavy atom. The molecule has 3 N–H and O–H groups in total. The highest BCUT2D eigenvalue weighted by Crippen LogP contribution is 2.23. The maximum atomic E-state index is 11.6. The van der Waals surface area contributed by atoms with Crippen molar-refractivity contribution in [3.8, 4) is 17.1 Å². The molecule has 2 aromatic heterocycles. The topological polar surface area (TPSA) is 107 Å². The summed E-state index contributed by atoms with van der Waals surface area (Å²) in [6.45, 7) is 3.95. The van der Waals surface area contributed by atoms with Crippen LogP contribution in [0.1, 0.15) is 24.0 Å². The van der Waals surface area contributed by atoms with Crippen LogP contribution in [0.25, 0.3) is 17.1 Å². The minimum atomic E-state index is -0.496. The molecule has 7 heteroatoms. The largest absolute Gasteiger partial charge is 0.369 e. The van der Waals surface area contributed by atoms with Crippen molar-refractivity contribution in [2.45, 2.75) is 26.7 Å². The van der Waals surface area contributed by atoms with Crippen LogP contribution in [0.4, 0.5) is 0 Å². The summed E-state index contributed by atoms with van der Waals surface area (Å²) in [5.41, 5.74) is 8.59. The van der Waals surface area contributed by atoms with Gasteiger partial charge in [0, 0.05) is 17.3 Å². The molecule has 0 spiro atoms. The lowest BCUT2D eigenvalue weighted by Gasteiger charge is -2.09. The van der Waals surface area contributed by atoms with Crippen molar-refractivity contribution in [2.24, 2.45) is 5.73 Å². The van der Waals surface area contributed by atoms with Crippen molar-refractivity contribution in [1.82, 2.24) is 19.7 Å². The molecule has 0 aliphatic heterocycles. The van der Waals surface area contributed by atoms with E-state index in [1.54, 1.807) is 10.7 Å². The number of hydrogen-bond acceptors (Lipinski definition) is 4. The highest BCUT2D eigenvalue weighted by Gasteiger charge is 2.17. The number of aryl methyl sites for hydroxylation is 2. The van der Waals surface area contributed by atoms with Gasteiger partial charge in [-0.15, -0.1) is 0 Å². The summed E-state index contributed by atoms with van der Waals surface area (Å²) >= 11 is 0. The van der Waals surface area contributed by atoms with E-state index in [-0.39, 0.29) is 12.0 Å². The molecule has 0 unspecified atom stereocenters. The normalized spacial score (nSPS) is 10.8. The molecular formula is C18H19N5O2.